The van der Waals surface area contributed by atoms with E-state index in [0.29, 0.717) is 25.0 Å². The first-order valence-corrected chi connectivity index (χ1v) is 10.0. The predicted octanol–water partition coefficient (Wildman–Crippen LogP) is 3.59. The SMILES string of the molecule is CC(=O)OC[C@H]1CC[C@@]2(CO)C(C(=O)O)=CCC[C@@H]2[C@@]1(C)CCc1ccoc1. The standard InChI is InChI=1S/C22H30O6/c1-15(24)28-13-17-7-10-22(14-23)18(20(25)26)4-3-5-19(22)21(17,2)9-6-16-8-11-27-12-16/h4,8,11-12,17,19,23H,3,5-7,9-10,13-14H2,1-2H3,(H,25,26)/t17-,19-,21+,22-/m1/s1. The van der Waals surface area contributed by atoms with Crippen LogP contribution in [0, 0.1) is 22.7 Å². The van der Waals surface area contributed by atoms with Gasteiger partial charge in [-0.2, -0.15) is 0 Å². The average Bonchev–Trinajstić information content (AvgIpc) is 3.19. The van der Waals surface area contributed by atoms with Crippen molar-refractivity contribution in [1.29, 1.82) is 0 Å². The van der Waals surface area contributed by atoms with Gasteiger partial charge in [0.1, 0.15) is 0 Å². The van der Waals surface area contributed by atoms with E-state index in [1.807, 2.05) is 6.07 Å². The molecule has 2 aliphatic rings. The number of fused-ring (bicyclic) bond motifs is 1. The minimum absolute atomic E-state index is 0.0160. The normalized spacial score (nSPS) is 32.3. The second-order valence-electron chi connectivity index (χ2n) is 8.54. The Morgan fingerprint density at radius 1 is 1.36 bits per heavy atom. The summed E-state index contributed by atoms with van der Waals surface area (Å²) in [7, 11) is 0. The number of allylic oxidation sites excluding steroid dienone is 1. The van der Waals surface area contributed by atoms with Crippen molar-refractivity contribution in [3.8, 4) is 0 Å². The van der Waals surface area contributed by atoms with E-state index in [4.69, 9.17) is 9.15 Å². The zero-order valence-corrected chi connectivity index (χ0v) is 16.6. The zero-order valence-electron chi connectivity index (χ0n) is 16.6. The van der Waals surface area contributed by atoms with Gasteiger partial charge in [0.15, 0.2) is 0 Å². The van der Waals surface area contributed by atoms with Gasteiger partial charge in [-0.05, 0) is 67.4 Å². The maximum atomic E-state index is 12.0. The highest BCUT2D eigenvalue weighted by Crippen LogP contribution is 2.62. The van der Waals surface area contributed by atoms with E-state index in [1.165, 1.54) is 6.92 Å². The zero-order chi connectivity index (χ0) is 20.4. The number of rotatable bonds is 7. The number of hydrogen-bond acceptors (Lipinski definition) is 5. The summed E-state index contributed by atoms with van der Waals surface area (Å²) in [6, 6.07) is 1.94. The van der Waals surface area contributed by atoms with Crippen LogP contribution in [0.3, 0.4) is 0 Å². The Kier molecular flexibility index (Phi) is 5.98. The van der Waals surface area contributed by atoms with Gasteiger partial charge >= 0.3 is 11.9 Å². The lowest BCUT2D eigenvalue weighted by atomic mass is 9.46. The van der Waals surface area contributed by atoms with E-state index in [-0.39, 0.29) is 29.8 Å². The fraction of sp³-hybridized carbons (Fsp3) is 0.636. The van der Waals surface area contributed by atoms with Gasteiger partial charge in [-0.1, -0.05) is 13.0 Å². The number of aliphatic hydroxyl groups excluding tert-OH is 1. The molecule has 3 rings (SSSR count). The van der Waals surface area contributed by atoms with Crippen molar-refractivity contribution in [1.82, 2.24) is 0 Å². The van der Waals surface area contributed by atoms with E-state index in [1.54, 1.807) is 18.6 Å². The Balaban J connectivity index is 1.95. The number of esters is 1. The van der Waals surface area contributed by atoms with Crippen LogP contribution in [0.25, 0.3) is 0 Å². The fourth-order valence-electron chi connectivity index (χ4n) is 5.67. The molecular formula is C22H30O6. The van der Waals surface area contributed by atoms with Crippen LogP contribution in [-0.4, -0.2) is 35.4 Å². The fourth-order valence-corrected chi connectivity index (χ4v) is 5.67. The van der Waals surface area contributed by atoms with Crippen molar-refractivity contribution in [2.45, 2.75) is 52.4 Å². The number of carbonyl (C=O) groups is 2. The number of carbonyl (C=O) groups excluding carboxylic acids is 1. The van der Waals surface area contributed by atoms with E-state index in [2.05, 4.69) is 6.92 Å². The van der Waals surface area contributed by atoms with Gasteiger partial charge in [-0.25, -0.2) is 4.79 Å². The van der Waals surface area contributed by atoms with E-state index >= 15 is 0 Å². The van der Waals surface area contributed by atoms with Crippen molar-refractivity contribution in [3.05, 3.63) is 35.8 Å². The number of carboxylic acid groups (broad SMARTS) is 1. The molecule has 6 nitrogen and oxygen atoms in total. The predicted molar refractivity (Wildman–Crippen MR) is 102 cm³/mol. The van der Waals surface area contributed by atoms with Crippen LogP contribution in [-0.2, 0) is 20.7 Å². The second-order valence-corrected chi connectivity index (χ2v) is 8.54. The quantitative estimate of drug-likeness (QED) is 0.691. The van der Waals surface area contributed by atoms with Gasteiger partial charge in [0, 0.05) is 17.9 Å². The minimum Gasteiger partial charge on any atom is -0.478 e. The summed E-state index contributed by atoms with van der Waals surface area (Å²) in [5.74, 6) is -1.09. The molecule has 0 saturated heterocycles. The highest BCUT2D eigenvalue weighted by Gasteiger charge is 2.58. The molecule has 0 aliphatic heterocycles. The Morgan fingerprint density at radius 3 is 2.75 bits per heavy atom. The van der Waals surface area contributed by atoms with Crippen molar-refractivity contribution >= 4 is 11.9 Å². The highest BCUT2D eigenvalue weighted by molar-refractivity contribution is 5.88. The number of carboxylic acids is 1. The Hall–Kier alpha value is -2.08. The van der Waals surface area contributed by atoms with E-state index in [0.717, 1.165) is 31.2 Å². The maximum absolute atomic E-state index is 12.0. The molecule has 2 aliphatic carbocycles. The third kappa shape index (κ3) is 3.62. The molecule has 2 N–H and O–H groups in total. The number of aliphatic carboxylic acids is 1. The Labute approximate surface area is 165 Å². The van der Waals surface area contributed by atoms with Crippen LogP contribution in [0.1, 0.15) is 51.5 Å². The lowest BCUT2D eigenvalue weighted by molar-refractivity contribution is -0.152. The summed E-state index contributed by atoms with van der Waals surface area (Å²) in [6.07, 6.45) is 9.63. The molecule has 28 heavy (non-hydrogen) atoms. The smallest absolute Gasteiger partial charge is 0.331 e. The second kappa shape index (κ2) is 8.11. The average molecular weight is 390 g/mol. The van der Waals surface area contributed by atoms with Crippen LogP contribution in [0.15, 0.2) is 34.7 Å². The van der Waals surface area contributed by atoms with Gasteiger partial charge < -0.3 is 19.4 Å². The van der Waals surface area contributed by atoms with Crippen LogP contribution in [0.2, 0.25) is 0 Å². The molecule has 1 saturated carbocycles. The van der Waals surface area contributed by atoms with Crippen molar-refractivity contribution in [3.63, 3.8) is 0 Å². The number of furan rings is 1. The largest absolute Gasteiger partial charge is 0.478 e. The highest BCUT2D eigenvalue weighted by atomic mass is 16.5. The lowest BCUT2D eigenvalue weighted by Gasteiger charge is -2.58. The van der Waals surface area contributed by atoms with Crippen LogP contribution < -0.4 is 0 Å². The number of ether oxygens (including phenoxy) is 1. The minimum atomic E-state index is -0.936. The first-order chi connectivity index (χ1) is 13.3. The van der Waals surface area contributed by atoms with Crippen molar-refractivity contribution < 1.29 is 29.0 Å². The summed E-state index contributed by atoms with van der Waals surface area (Å²) in [5, 5.41) is 20.2. The molecule has 0 aromatic carbocycles. The Bertz CT molecular complexity index is 736. The van der Waals surface area contributed by atoms with Gasteiger partial charge in [0.2, 0.25) is 0 Å². The van der Waals surface area contributed by atoms with Gasteiger partial charge in [-0.15, -0.1) is 0 Å². The summed E-state index contributed by atoms with van der Waals surface area (Å²) in [6.45, 7) is 3.76. The summed E-state index contributed by atoms with van der Waals surface area (Å²) >= 11 is 0. The van der Waals surface area contributed by atoms with Crippen LogP contribution in [0.5, 0.6) is 0 Å². The molecule has 4 atom stereocenters. The molecule has 1 fully saturated rings. The maximum Gasteiger partial charge on any atom is 0.331 e. The molecular weight excluding hydrogens is 360 g/mol. The monoisotopic (exact) mass is 390 g/mol. The lowest BCUT2D eigenvalue weighted by Crippen LogP contribution is -2.55. The van der Waals surface area contributed by atoms with Crippen LogP contribution in [0.4, 0.5) is 0 Å². The summed E-state index contributed by atoms with van der Waals surface area (Å²) in [5.41, 5.74) is 0.453. The third-order valence-corrected chi connectivity index (χ3v) is 7.21. The van der Waals surface area contributed by atoms with Gasteiger partial charge in [0.05, 0.1) is 25.7 Å². The molecule has 0 unspecified atom stereocenters. The summed E-state index contributed by atoms with van der Waals surface area (Å²) in [4.78, 5) is 23.4. The molecule has 1 aromatic rings. The molecule has 1 aromatic heterocycles. The van der Waals surface area contributed by atoms with Crippen molar-refractivity contribution in [2.75, 3.05) is 13.2 Å². The molecule has 1 heterocycles. The Morgan fingerprint density at radius 2 is 2.14 bits per heavy atom. The first kappa shape index (κ1) is 20.6. The third-order valence-electron chi connectivity index (χ3n) is 7.21. The van der Waals surface area contributed by atoms with E-state index < -0.39 is 11.4 Å². The molecule has 0 bridgehead atoms. The van der Waals surface area contributed by atoms with Crippen molar-refractivity contribution in [2.24, 2.45) is 22.7 Å². The number of aryl methyl sites for hydroxylation is 1. The molecule has 6 heteroatoms. The van der Waals surface area contributed by atoms with Gasteiger partial charge in [0.25, 0.3) is 0 Å². The first-order valence-electron chi connectivity index (χ1n) is 10.0. The molecule has 154 valence electrons. The van der Waals surface area contributed by atoms with E-state index in [9.17, 15) is 19.8 Å². The summed E-state index contributed by atoms with van der Waals surface area (Å²) < 4.78 is 10.6. The number of aliphatic hydroxyl groups is 1. The molecule has 0 radical (unpaired) electrons. The number of hydrogen-bond donors (Lipinski definition) is 2. The topological polar surface area (TPSA) is 97.0 Å². The van der Waals surface area contributed by atoms with Gasteiger partial charge in [-0.3, -0.25) is 4.79 Å². The van der Waals surface area contributed by atoms with Crippen LogP contribution >= 0.6 is 0 Å². The molecule has 0 spiro atoms. The molecule has 0 amide bonds.